The van der Waals surface area contributed by atoms with Gasteiger partial charge >= 0.3 is 5.97 Å². The fourth-order valence-corrected chi connectivity index (χ4v) is 3.72. The summed E-state index contributed by atoms with van der Waals surface area (Å²) in [5.41, 5.74) is 2.49. The summed E-state index contributed by atoms with van der Waals surface area (Å²) in [6.45, 7) is 3.24. The summed E-state index contributed by atoms with van der Waals surface area (Å²) < 4.78 is 4.95. The Kier molecular flexibility index (Phi) is 6.85. The van der Waals surface area contributed by atoms with Crippen LogP contribution >= 0.6 is 0 Å². The average Bonchev–Trinajstić information content (AvgIpc) is 3.09. The minimum Gasteiger partial charge on any atom is -0.462 e. The highest BCUT2D eigenvalue weighted by Crippen LogP contribution is 2.24. The minimum atomic E-state index is -0.384. The van der Waals surface area contributed by atoms with Gasteiger partial charge in [-0.15, -0.1) is 0 Å². The summed E-state index contributed by atoms with van der Waals surface area (Å²) in [4.78, 5) is 38.3. The molecule has 1 aliphatic heterocycles. The van der Waals surface area contributed by atoms with Crippen molar-refractivity contribution in [2.24, 2.45) is 5.92 Å². The van der Waals surface area contributed by atoms with Gasteiger partial charge in [0.1, 0.15) is 0 Å². The number of nitrogens with zero attached hydrogens (tertiary/aromatic N) is 1. The molecule has 1 unspecified atom stereocenters. The molecule has 1 N–H and O–H groups in total. The number of ether oxygens (including phenoxy) is 1. The second-order valence-corrected chi connectivity index (χ2v) is 7.39. The van der Waals surface area contributed by atoms with Crippen molar-refractivity contribution < 1.29 is 19.1 Å². The Labute approximate surface area is 165 Å². The largest absolute Gasteiger partial charge is 0.462 e. The zero-order chi connectivity index (χ0) is 19.9. The standard InChI is InChI=1S/C22H28N2O4/c1-2-28-22(27)17-8-10-19(11-9-17)23-21(26)18-14-20(25)24(15-18)13-12-16-6-4-3-5-7-16/h6,8-11,18H,2-5,7,12-15H2,1H3,(H,23,26). The quantitative estimate of drug-likeness (QED) is 0.576. The summed E-state index contributed by atoms with van der Waals surface area (Å²) in [5, 5.41) is 2.85. The van der Waals surface area contributed by atoms with Crippen molar-refractivity contribution >= 4 is 23.5 Å². The van der Waals surface area contributed by atoms with Crippen LogP contribution < -0.4 is 5.32 Å². The second-order valence-electron chi connectivity index (χ2n) is 7.39. The minimum absolute atomic E-state index is 0.0502. The van der Waals surface area contributed by atoms with E-state index in [-0.39, 0.29) is 30.1 Å². The number of carbonyl (C=O) groups excluding carboxylic acids is 3. The third-order valence-electron chi connectivity index (χ3n) is 5.34. The first-order chi connectivity index (χ1) is 13.6. The van der Waals surface area contributed by atoms with Gasteiger partial charge in [-0.3, -0.25) is 9.59 Å². The van der Waals surface area contributed by atoms with Gasteiger partial charge in [0.15, 0.2) is 0 Å². The van der Waals surface area contributed by atoms with E-state index in [4.69, 9.17) is 4.74 Å². The maximum Gasteiger partial charge on any atom is 0.338 e. The lowest BCUT2D eigenvalue weighted by atomic mass is 9.97. The molecule has 1 saturated heterocycles. The molecule has 28 heavy (non-hydrogen) atoms. The fraction of sp³-hybridized carbons (Fsp3) is 0.500. The van der Waals surface area contributed by atoms with Crippen molar-refractivity contribution in [3.05, 3.63) is 41.5 Å². The lowest BCUT2D eigenvalue weighted by Crippen LogP contribution is -2.29. The van der Waals surface area contributed by atoms with E-state index in [0.717, 1.165) is 19.3 Å². The van der Waals surface area contributed by atoms with Gasteiger partial charge in [0.25, 0.3) is 0 Å². The maximum absolute atomic E-state index is 12.5. The molecule has 6 heteroatoms. The summed E-state index contributed by atoms with van der Waals surface area (Å²) in [5.74, 6) is -0.825. The Balaban J connectivity index is 1.50. The first-order valence-corrected chi connectivity index (χ1v) is 10.1. The van der Waals surface area contributed by atoms with Crippen LogP contribution in [0, 0.1) is 5.92 Å². The number of benzene rings is 1. The highest BCUT2D eigenvalue weighted by Gasteiger charge is 2.34. The average molecular weight is 384 g/mol. The number of likely N-dealkylation sites (tertiary alicyclic amines) is 1. The molecule has 1 aliphatic carbocycles. The van der Waals surface area contributed by atoms with Crippen LogP contribution in [0.15, 0.2) is 35.9 Å². The van der Waals surface area contributed by atoms with Gasteiger partial charge in [-0.2, -0.15) is 0 Å². The molecular weight excluding hydrogens is 356 g/mol. The van der Waals surface area contributed by atoms with Crippen LogP contribution in [-0.2, 0) is 14.3 Å². The predicted molar refractivity (Wildman–Crippen MR) is 107 cm³/mol. The summed E-state index contributed by atoms with van der Waals surface area (Å²) in [6, 6.07) is 6.59. The van der Waals surface area contributed by atoms with Gasteiger partial charge < -0.3 is 15.0 Å². The van der Waals surface area contributed by atoms with Crippen LogP contribution in [0.4, 0.5) is 5.69 Å². The number of rotatable bonds is 7. The molecule has 0 spiro atoms. The van der Waals surface area contributed by atoms with Crippen LogP contribution in [0.2, 0.25) is 0 Å². The van der Waals surface area contributed by atoms with Gasteiger partial charge in [0.05, 0.1) is 18.1 Å². The molecular formula is C22H28N2O4. The van der Waals surface area contributed by atoms with E-state index in [1.807, 2.05) is 4.90 Å². The van der Waals surface area contributed by atoms with Crippen molar-refractivity contribution in [3.63, 3.8) is 0 Å². The van der Waals surface area contributed by atoms with Gasteiger partial charge in [-0.05, 0) is 63.3 Å². The third-order valence-corrected chi connectivity index (χ3v) is 5.34. The van der Waals surface area contributed by atoms with Gasteiger partial charge in [-0.1, -0.05) is 11.6 Å². The molecule has 0 saturated carbocycles. The Morgan fingerprint density at radius 1 is 1.21 bits per heavy atom. The Bertz CT molecular complexity index is 754. The molecule has 3 rings (SSSR count). The normalized spacial score (nSPS) is 19.3. The van der Waals surface area contributed by atoms with Crippen LogP contribution in [-0.4, -0.2) is 42.4 Å². The summed E-state index contributed by atoms with van der Waals surface area (Å²) in [7, 11) is 0. The zero-order valence-corrected chi connectivity index (χ0v) is 16.4. The van der Waals surface area contributed by atoms with E-state index >= 15 is 0 Å². The highest BCUT2D eigenvalue weighted by molar-refractivity contribution is 5.97. The molecule has 1 aromatic rings. The number of esters is 1. The molecule has 0 radical (unpaired) electrons. The summed E-state index contributed by atoms with van der Waals surface area (Å²) in [6.07, 6.45) is 8.24. The molecule has 6 nitrogen and oxygen atoms in total. The van der Waals surface area contributed by atoms with Gasteiger partial charge in [0, 0.05) is 25.2 Å². The van der Waals surface area contributed by atoms with Crippen molar-refractivity contribution in [3.8, 4) is 0 Å². The summed E-state index contributed by atoms with van der Waals surface area (Å²) >= 11 is 0. The van der Waals surface area contributed by atoms with Crippen LogP contribution in [0.1, 0.15) is 55.8 Å². The zero-order valence-electron chi connectivity index (χ0n) is 16.4. The number of nitrogens with one attached hydrogen (secondary N) is 1. The second kappa shape index (κ2) is 9.53. The topological polar surface area (TPSA) is 75.7 Å². The van der Waals surface area contributed by atoms with Crippen LogP contribution in [0.25, 0.3) is 0 Å². The van der Waals surface area contributed by atoms with E-state index in [1.54, 1.807) is 31.2 Å². The van der Waals surface area contributed by atoms with Crippen molar-refractivity contribution in [1.29, 1.82) is 0 Å². The Hall–Kier alpha value is -2.63. The third kappa shape index (κ3) is 5.21. The first-order valence-electron chi connectivity index (χ1n) is 10.1. The first kappa shape index (κ1) is 20.1. The SMILES string of the molecule is CCOC(=O)c1ccc(NC(=O)C2CC(=O)N(CCC3=CCCCC3)C2)cc1. The number of carbonyl (C=O) groups is 3. The Morgan fingerprint density at radius 2 is 2.00 bits per heavy atom. The van der Waals surface area contributed by atoms with Crippen molar-refractivity contribution in [2.75, 3.05) is 25.0 Å². The maximum atomic E-state index is 12.5. The molecule has 1 fully saturated rings. The molecule has 2 aliphatic rings. The van der Waals surface area contributed by atoms with E-state index in [2.05, 4.69) is 11.4 Å². The van der Waals surface area contributed by atoms with Crippen LogP contribution in [0.5, 0.6) is 0 Å². The van der Waals surface area contributed by atoms with Crippen LogP contribution in [0.3, 0.4) is 0 Å². The number of hydrogen-bond acceptors (Lipinski definition) is 4. The molecule has 1 aromatic carbocycles. The number of anilines is 1. The smallest absolute Gasteiger partial charge is 0.338 e. The van der Waals surface area contributed by atoms with E-state index < -0.39 is 0 Å². The number of allylic oxidation sites excluding steroid dienone is 1. The van der Waals surface area contributed by atoms with Crippen molar-refractivity contribution in [1.82, 2.24) is 4.90 Å². The molecule has 1 heterocycles. The monoisotopic (exact) mass is 384 g/mol. The number of amides is 2. The predicted octanol–water partition coefficient (Wildman–Crippen LogP) is 3.54. The van der Waals surface area contributed by atoms with E-state index in [9.17, 15) is 14.4 Å². The highest BCUT2D eigenvalue weighted by atomic mass is 16.5. The number of hydrogen-bond donors (Lipinski definition) is 1. The molecule has 2 amide bonds. The van der Waals surface area contributed by atoms with Gasteiger partial charge in [0.2, 0.25) is 11.8 Å². The molecule has 0 bridgehead atoms. The van der Waals surface area contributed by atoms with E-state index in [1.165, 1.54) is 18.4 Å². The fourth-order valence-electron chi connectivity index (χ4n) is 3.72. The molecule has 150 valence electrons. The Morgan fingerprint density at radius 3 is 2.68 bits per heavy atom. The molecule has 0 aromatic heterocycles. The van der Waals surface area contributed by atoms with Gasteiger partial charge in [-0.25, -0.2) is 4.79 Å². The van der Waals surface area contributed by atoms with E-state index in [0.29, 0.717) is 30.9 Å². The van der Waals surface area contributed by atoms with Crippen molar-refractivity contribution in [2.45, 2.75) is 45.4 Å². The lowest BCUT2D eigenvalue weighted by molar-refractivity contribution is -0.128. The molecule has 1 atom stereocenters. The lowest BCUT2D eigenvalue weighted by Gasteiger charge is -2.19.